The first kappa shape index (κ1) is 12.3. The molecule has 1 heterocycles. The minimum atomic E-state index is 0.227. The third-order valence-electron chi connectivity index (χ3n) is 2.86. The predicted octanol–water partition coefficient (Wildman–Crippen LogP) is 4.24. The van der Waals surface area contributed by atoms with E-state index in [9.17, 15) is 0 Å². The van der Waals surface area contributed by atoms with Gasteiger partial charge in [-0.2, -0.15) is 0 Å². The van der Waals surface area contributed by atoms with Gasteiger partial charge in [-0.25, -0.2) is 0 Å². The summed E-state index contributed by atoms with van der Waals surface area (Å²) in [5.74, 6) is 1.07. The van der Waals surface area contributed by atoms with Gasteiger partial charge in [0.2, 0.25) is 0 Å². The van der Waals surface area contributed by atoms with Gasteiger partial charge in [-0.15, -0.1) is 0 Å². The van der Waals surface area contributed by atoms with Crippen molar-refractivity contribution in [2.75, 3.05) is 11.9 Å². The standard InChI is InChI=1S/C13H16BrClO/c1-13(2,8-14)7-10-6-11(15)5-9-3-4-16-12(9)10/h5-6H,3-4,7-8H2,1-2H3. The summed E-state index contributed by atoms with van der Waals surface area (Å²) in [6.07, 6.45) is 1.97. The second-order valence-electron chi connectivity index (χ2n) is 5.13. The highest BCUT2D eigenvalue weighted by molar-refractivity contribution is 9.09. The largest absolute Gasteiger partial charge is 0.493 e. The molecule has 0 saturated carbocycles. The lowest BCUT2D eigenvalue weighted by molar-refractivity contribution is 0.345. The summed E-state index contributed by atoms with van der Waals surface area (Å²) in [5.41, 5.74) is 2.72. The molecule has 1 aromatic rings. The zero-order chi connectivity index (χ0) is 11.8. The molecule has 0 unspecified atom stereocenters. The summed E-state index contributed by atoms with van der Waals surface area (Å²) in [7, 11) is 0. The first-order valence-electron chi connectivity index (χ1n) is 5.52. The molecule has 3 heteroatoms. The molecule has 2 rings (SSSR count). The van der Waals surface area contributed by atoms with Crippen molar-refractivity contribution in [3.8, 4) is 5.75 Å². The van der Waals surface area contributed by atoms with Gasteiger partial charge in [-0.05, 0) is 35.1 Å². The molecule has 1 aliphatic heterocycles. The lowest BCUT2D eigenvalue weighted by Gasteiger charge is -2.22. The molecule has 0 aromatic heterocycles. The number of ether oxygens (including phenoxy) is 1. The fourth-order valence-corrected chi connectivity index (χ4v) is 2.50. The summed E-state index contributed by atoms with van der Waals surface area (Å²) in [6, 6.07) is 4.06. The van der Waals surface area contributed by atoms with Crippen LogP contribution in [-0.2, 0) is 12.8 Å². The number of hydrogen-bond acceptors (Lipinski definition) is 1. The number of benzene rings is 1. The van der Waals surface area contributed by atoms with E-state index in [2.05, 4.69) is 29.8 Å². The first-order chi connectivity index (χ1) is 7.52. The molecule has 0 spiro atoms. The van der Waals surface area contributed by atoms with Crippen LogP contribution in [0.15, 0.2) is 12.1 Å². The van der Waals surface area contributed by atoms with Gasteiger partial charge in [0.1, 0.15) is 5.75 Å². The molecular weight excluding hydrogens is 287 g/mol. The minimum absolute atomic E-state index is 0.227. The fourth-order valence-electron chi connectivity index (χ4n) is 2.04. The van der Waals surface area contributed by atoms with Crippen molar-refractivity contribution in [3.05, 3.63) is 28.3 Å². The van der Waals surface area contributed by atoms with Crippen molar-refractivity contribution >= 4 is 27.5 Å². The van der Waals surface area contributed by atoms with Crippen LogP contribution in [0.3, 0.4) is 0 Å². The number of alkyl halides is 1. The maximum absolute atomic E-state index is 6.13. The topological polar surface area (TPSA) is 9.23 Å². The van der Waals surface area contributed by atoms with Crippen LogP contribution in [0.4, 0.5) is 0 Å². The summed E-state index contributed by atoms with van der Waals surface area (Å²) in [6.45, 7) is 5.27. The third-order valence-corrected chi connectivity index (χ3v) is 4.59. The molecule has 1 nitrogen and oxygen atoms in total. The van der Waals surface area contributed by atoms with E-state index < -0.39 is 0 Å². The van der Waals surface area contributed by atoms with Crippen molar-refractivity contribution in [3.63, 3.8) is 0 Å². The Kier molecular flexibility index (Phi) is 3.50. The van der Waals surface area contributed by atoms with Gasteiger partial charge in [0, 0.05) is 16.8 Å². The van der Waals surface area contributed by atoms with Gasteiger partial charge in [0.25, 0.3) is 0 Å². The normalized spacial score (nSPS) is 14.8. The molecule has 0 amide bonds. The monoisotopic (exact) mass is 302 g/mol. The van der Waals surface area contributed by atoms with Crippen molar-refractivity contribution in [1.29, 1.82) is 0 Å². The molecule has 0 bridgehead atoms. The molecule has 0 radical (unpaired) electrons. The molecule has 1 aliphatic rings. The minimum Gasteiger partial charge on any atom is -0.493 e. The lowest BCUT2D eigenvalue weighted by Crippen LogP contribution is -2.17. The third kappa shape index (κ3) is 2.54. The van der Waals surface area contributed by atoms with E-state index in [0.29, 0.717) is 0 Å². The highest BCUT2D eigenvalue weighted by Crippen LogP contribution is 2.36. The quantitative estimate of drug-likeness (QED) is 0.759. The number of rotatable bonds is 3. The lowest BCUT2D eigenvalue weighted by atomic mass is 9.87. The van der Waals surface area contributed by atoms with E-state index in [-0.39, 0.29) is 5.41 Å². The number of fused-ring (bicyclic) bond motifs is 1. The summed E-state index contributed by atoms with van der Waals surface area (Å²) >= 11 is 9.69. The first-order valence-corrected chi connectivity index (χ1v) is 7.02. The Labute approximate surface area is 110 Å². The summed E-state index contributed by atoms with van der Waals surface area (Å²) < 4.78 is 5.70. The zero-order valence-electron chi connectivity index (χ0n) is 9.65. The Hall–Kier alpha value is -0.210. The van der Waals surface area contributed by atoms with Crippen LogP contribution in [0, 0.1) is 5.41 Å². The Morgan fingerprint density at radius 2 is 2.19 bits per heavy atom. The Balaban J connectivity index is 2.34. The van der Waals surface area contributed by atoms with Crippen LogP contribution in [0.2, 0.25) is 5.02 Å². The zero-order valence-corrected chi connectivity index (χ0v) is 12.0. The van der Waals surface area contributed by atoms with E-state index >= 15 is 0 Å². The van der Waals surface area contributed by atoms with Gasteiger partial charge in [-0.3, -0.25) is 0 Å². The maximum Gasteiger partial charge on any atom is 0.125 e. The van der Waals surface area contributed by atoms with E-state index in [1.165, 1.54) is 11.1 Å². The van der Waals surface area contributed by atoms with E-state index in [4.69, 9.17) is 16.3 Å². The molecule has 0 N–H and O–H groups in total. The van der Waals surface area contributed by atoms with Crippen LogP contribution in [0.25, 0.3) is 0 Å². The Morgan fingerprint density at radius 3 is 2.88 bits per heavy atom. The van der Waals surface area contributed by atoms with E-state index in [0.717, 1.165) is 35.6 Å². The molecule has 1 aromatic carbocycles. The van der Waals surface area contributed by atoms with E-state index in [1.54, 1.807) is 0 Å². The van der Waals surface area contributed by atoms with Crippen LogP contribution >= 0.6 is 27.5 Å². The SMILES string of the molecule is CC(C)(CBr)Cc1cc(Cl)cc2c1OCC2. The van der Waals surface area contributed by atoms with Crippen LogP contribution in [0.5, 0.6) is 5.75 Å². The van der Waals surface area contributed by atoms with Gasteiger partial charge in [-0.1, -0.05) is 41.4 Å². The Morgan fingerprint density at radius 1 is 1.44 bits per heavy atom. The van der Waals surface area contributed by atoms with E-state index in [1.807, 2.05) is 12.1 Å². The fraction of sp³-hybridized carbons (Fsp3) is 0.538. The van der Waals surface area contributed by atoms with Crippen molar-refractivity contribution < 1.29 is 4.74 Å². The van der Waals surface area contributed by atoms with Crippen LogP contribution < -0.4 is 4.74 Å². The highest BCUT2D eigenvalue weighted by atomic mass is 79.9. The van der Waals surface area contributed by atoms with Gasteiger partial charge in [0.05, 0.1) is 6.61 Å². The summed E-state index contributed by atoms with van der Waals surface area (Å²) in [4.78, 5) is 0. The number of halogens is 2. The second kappa shape index (κ2) is 4.58. The average Bonchev–Trinajstić information content (AvgIpc) is 2.65. The van der Waals surface area contributed by atoms with Gasteiger partial charge in [0.15, 0.2) is 0 Å². The maximum atomic E-state index is 6.13. The molecular formula is C13H16BrClO. The van der Waals surface area contributed by atoms with Gasteiger partial charge < -0.3 is 4.74 Å². The predicted molar refractivity (Wildman–Crippen MR) is 71.9 cm³/mol. The van der Waals surface area contributed by atoms with Crippen LogP contribution in [-0.4, -0.2) is 11.9 Å². The second-order valence-corrected chi connectivity index (χ2v) is 6.12. The summed E-state index contributed by atoms with van der Waals surface area (Å²) in [5, 5.41) is 1.80. The molecule has 0 aliphatic carbocycles. The molecule has 16 heavy (non-hydrogen) atoms. The highest BCUT2D eigenvalue weighted by Gasteiger charge is 2.23. The molecule has 0 fully saturated rings. The Bertz CT molecular complexity index is 401. The van der Waals surface area contributed by atoms with Crippen molar-refractivity contribution in [2.24, 2.45) is 5.41 Å². The number of hydrogen-bond donors (Lipinski definition) is 0. The molecule has 0 saturated heterocycles. The average molecular weight is 304 g/mol. The van der Waals surface area contributed by atoms with Crippen LogP contribution in [0.1, 0.15) is 25.0 Å². The van der Waals surface area contributed by atoms with Crippen molar-refractivity contribution in [2.45, 2.75) is 26.7 Å². The smallest absolute Gasteiger partial charge is 0.125 e. The van der Waals surface area contributed by atoms with Crippen molar-refractivity contribution in [1.82, 2.24) is 0 Å². The molecule has 0 atom stereocenters. The molecule has 88 valence electrons. The van der Waals surface area contributed by atoms with Gasteiger partial charge >= 0.3 is 0 Å².